The number of aromatic nitrogens is 4. The number of carbonyl (C=O) groups excluding carboxylic acids is 1. The summed E-state index contributed by atoms with van der Waals surface area (Å²) in [5.41, 5.74) is 6.94. The first-order chi connectivity index (χ1) is 20.8. The fourth-order valence-electron chi connectivity index (χ4n) is 5.60. The predicted octanol–water partition coefficient (Wildman–Crippen LogP) is 4.65. The lowest BCUT2D eigenvalue weighted by Gasteiger charge is -2.33. The number of nitriles is 1. The van der Waals surface area contributed by atoms with Crippen LogP contribution in [0.4, 0.5) is 19.0 Å². The summed E-state index contributed by atoms with van der Waals surface area (Å²) in [6.07, 6.45) is 6.17. The fraction of sp³-hybridized carbons (Fsp3) is 0.300. The van der Waals surface area contributed by atoms with Crippen molar-refractivity contribution in [2.45, 2.75) is 37.8 Å². The molecule has 0 spiro atoms. The number of carbonyl (C=O) groups is 1. The smallest absolute Gasteiger partial charge is 0.264 e. The highest BCUT2D eigenvalue weighted by molar-refractivity contribution is 5.99. The summed E-state index contributed by atoms with van der Waals surface area (Å²) in [5.74, 6) is -3.70. The number of fused-ring (bicyclic) bond motifs is 1. The highest BCUT2D eigenvalue weighted by Crippen LogP contribution is 2.37. The lowest BCUT2D eigenvalue weighted by Crippen LogP contribution is -2.41. The molecule has 2 fully saturated rings. The second kappa shape index (κ2) is 11.7. The van der Waals surface area contributed by atoms with Crippen molar-refractivity contribution in [1.82, 2.24) is 30.0 Å². The van der Waals surface area contributed by atoms with Gasteiger partial charge in [-0.3, -0.25) is 4.79 Å². The number of nitrogens with zero attached hydrogens (tertiary/aromatic N) is 6. The summed E-state index contributed by atoms with van der Waals surface area (Å²) in [5, 5.41) is 18.0. The van der Waals surface area contributed by atoms with Crippen molar-refractivity contribution in [3.63, 3.8) is 0 Å². The third-order valence-corrected chi connectivity index (χ3v) is 7.70. The van der Waals surface area contributed by atoms with Crippen LogP contribution < -0.4 is 15.8 Å². The largest absolute Gasteiger partial charge is 0.454 e. The van der Waals surface area contributed by atoms with Crippen LogP contribution in [0.15, 0.2) is 54.4 Å². The number of anilines is 1. The van der Waals surface area contributed by atoms with E-state index in [9.17, 15) is 18.8 Å². The molecule has 2 aliphatic heterocycles. The van der Waals surface area contributed by atoms with E-state index in [1.165, 1.54) is 30.6 Å². The number of nitrogen functional groups attached to an aromatic ring is 1. The summed E-state index contributed by atoms with van der Waals surface area (Å²) in [4.78, 5) is 23.4. The van der Waals surface area contributed by atoms with Gasteiger partial charge in [0.2, 0.25) is 5.82 Å². The Morgan fingerprint density at radius 1 is 1.14 bits per heavy atom. The Balaban J connectivity index is 1.31. The maximum absolute atomic E-state index is 15.5. The molecule has 0 bridgehead atoms. The van der Waals surface area contributed by atoms with Gasteiger partial charge in [-0.25, -0.2) is 23.4 Å². The van der Waals surface area contributed by atoms with Gasteiger partial charge in [0.25, 0.3) is 5.91 Å². The Morgan fingerprint density at radius 2 is 2.00 bits per heavy atom. The number of likely N-dealkylation sites (tertiary alicyclic amines) is 1. The van der Waals surface area contributed by atoms with E-state index in [-0.39, 0.29) is 58.7 Å². The third kappa shape index (κ3) is 5.49. The van der Waals surface area contributed by atoms with E-state index >= 15 is 4.39 Å². The van der Waals surface area contributed by atoms with Crippen LogP contribution in [-0.4, -0.2) is 56.2 Å². The minimum absolute atomic E-state index is 0.00366. The van der Waals surface area contributed by atoms with Crippen LogP contribution >= 0.6 is 0 Å². The summed E-state index contributed by atoms with van der Waals surface area (Å²) < 4.78 is 50.2. The van der Waals surface area contributed by atoms with Gasteiger partial charge in [0.15, 0.2) is 17.2 Å². The number of rotatable bonds is 6. The Labute approximate surface area is 244 Å². The Hall–Kier alpha value is -4.96. The van der Waals surface area contributed by atoms with Crippen molar-refractivity contribution in [3.8, 4) is 28.8 Å². The van der Waals surface area contributed by atoms with Crippen LogP contribution in [0.2, 0.25) is 0 Å². The molecule has 3 N–H and O–H groups in total. The Morgan fingerprint density at radius 3 is 2.77 bits per heavy atom. The van der Waals surface area contributed by atoms with Gasteiger partial charge in [0, 0.05) is 30.8 Å². The van der Waals surface area contributed by atoms with Gasteiger partial charge in [0.05, 0.1) is 11.4 Å². The number of nitrogens with one attached hydrogen (secondary N) is 1. The molecule has 4 aromatic rings. The highest BCUT2D eigenvalue weighted by atomic mass is 19.2. The van der Waals surface area contributed by atoms with Gasteiger partial charge in [0.1, 0.15) is 41.0 Å². The van der Waals surface area contributed by atoms with Crippen LogP contribution in [-0.2, 0) is 4.79 Å². The quantitative estimate of drug-likeness (QED) is 0.246. The third-order valence-electron chi connectivity index (χ3n) is 7.70. The summed E-state index contributed by atoms with van der Waals surface area (Å²) >= 11 is 0. The number of hydrogen-bond acceptors (Lipinski definition) is 8. The molecule has 0 radical (unpaired) electrons. The maximum Gasteiger partial charge on any atom is 0.264 e. The first-order valence-electron chi connectivity index (χ1n) is 13.9. The molecule has 10 nitrogen and oxygen atoms in total. The van der Waals surface area contributed by atoms with E-state index in [2.05, 4.69) is 21.4 Å². The molecular formula is C30H27F3N8O2. The minimum atomic E-state index is -1.19. The SMILES string of the molecule is N#C/C(=C/C1CCCN1)C(=O)N1CCC[C@H](n2nc(-c3ccc(Oc4cccc(F)c4F)cc3F)c3c(N)ncnc32)C1. The summed E-state index contributed by atoms with van der Waals surface area (Å²) in [6.45, 7) is 1.60. The average Bonchev–Trinajstić information content (AvgIpc) is 3.67. The molecule has 1 unspecified atom stereocenters. The first kappa shape index (κ1) is 28.2. The van der Waals surface area contributed by atoms with E-state index in [0.29, 0.717) is 30.4 Å². The second-order valence-electron chi connectivity index (χ2n) is 10.5. The van der Waals surface area contributed by atoms with E-state index in [0.717, 1.165) is 31.5 Å². The van der Waals surface area contributed by atoms with Crippen LogP contribution in [0.1, 0.15) is 31.7 Å². The first-order valence-corrected chi connectivity index (χ1v) is 13.9. The van der Waals surface area contributed by atoms with E-state index in [4.69, 9.17) is 15.6 Å². The van der Waals surface area contributed by atoms with Crippen molar-refractivity contribution in [3.05, 3.63) is 71.8 Å². The lowest BCUT2D eigenvalue weighted by atomic mass is 10.0. The maximum atomic E-state index is 15.5. The molecule has 43 heavy (non-hydrogen) atoms. The number of piperidine rings is 1. The lowest BCUT2D eigenvalue weighted by molar-refractivity contribution is -0.128. The molecule has 13 heteroatoms. The van der Waals surface area contributed by atoms with Crippen molar-refractivity contribution >= 4 is 22.8 Å². The van der Waals surface area contributed by atoms with E-state index < -0.39 is 17.5 Å². The number of halogens is 3. The number of ether oxygens (including phenoxy) is 1. The van der Waals surface area contributed by atoms with E-state index in [1.807, 2.05) is 0 Å². The highest BCUT2D eigenvalue weighted by Gasteiger charge is 2.31. The van der Waals surface area contributed by atoms with Gasteiger partial charge in [-0.05, 0) is 62.6 Å². The summed E-state index contributed by atoms with van der Waals surface area (Å²) in [7, 11) is 0. The van der Waals surface area contributed by atoms with Crippen LogP contribution in [0.25, 0.3) is 22.3 Å². The van der Waals surface area contributed by atoms with Gasteiger partial charge >= 0.3 is 0 Å². The number of amides is 1. The number of hydrogen-bond donors (Lipinski definition) is 2. The average molecular weight is 589 g/mol. The van der Waals surface area contributed by atoms with Crippen molar-refractivity contribution in [2.75, 3.05) is 25.4 Å². The van der Waals surface area contributed by atoms with Gasteiger partial charge < -0.3 is 20.7 Å². The zero-order chi connectivity index (χ0) is 30.1. The molecule has 1 amide bonds. The monoisotopic (exact) mass is 588 g/mol. The predicted molar refractivity (Wildman–Crippen MR) is 151 cm³/mol. The normalized spacial score (nSPS) is 19.0. The van der Waals surface area contributed by atoms with Crippen LogP contribution in [0.5, 0.6) is 11.5 Å². The number of benzene rings is 2. The van der Waals surface area contributed by atoms with E-state index in [1.54, 1.807) is 15.7 Å². The van der Waals surface area contributed by atoms with Gasteiger partial charge in [-0.2, -0.15) is 14.8 Å². The molecule has 2 saturated heterocycles. The molecule has 2 aromatic carbocycles. The fourth-order valence-corrected chi connectivity index (χ4v) is 5.60. The van der Waals surface area contributed by atoms with Crippen molar-refractivity contribution < 1.29 is 22.7 Å². The molecule has 2 atom stereocenters. The molecule has 4 heterocycles. The second-order valence-corrected chi connectivity index (χ2v) is 10.5. The zero-order valence-electron chi connectivity index (χ0n) is 22.9. The molecule has 0 saturated carbocycles. The zero-order valence-corrected chi connectivity index (χ0v) is 22.9. The van der Waals surface area contributed by atoms with Crippen LogP contribution in [0.3, 0.4) is 0 Å². The topological polar surface area (TPSA) is 135 Å². The van der Waals surface area contributed by atoms with Crippen molar-refractivity contribution in [1.29, 1.82) is 5.26 Å². The minimum Gasteiger partial charge on any atom is -0.454 e. The van der Waals surface area contributed by atoms with Crippen molar-refractivity contribution in [2.24, 2.45) is 0 Å². The van der Waals surface area contributed by atoms with Gasteiger partial charge in [-0.15, -0.1) is 0 Å². The van der Waals surface area contributed by atoms with Crippen LogP contribution in [0, 0.1) is 28.8 Å². The molecule has 0 aliphatic carbocycles. The number of nitrogens with two attached hydrogens (primary N) is 1. The molecule has 220 valence electrons. The standard InChI is InChI=1S/C30H27F3N8O2/c31-22-6-1-7-24(26(22)33)43-20-8-9-21(23(32)13-20)27-25-28(35)37-16-38-29(25)41(39-27)19-5-3-11-40(15-19)30(42)17(14-34)12-18-4-2-10-36-18/h1,6-9,12-13,16,18-19,36H,2-5,10-11,15H2,(H2,35,37,38)/b17-12-/t18?,19-/m0/s1. The molecule has 6 rings (SSSR count). The molecule has 2 aliphatic rings. The molecular weight excluding hydrogens is 561 g/mol. The van der Waals surface area contributed by atoms with Gasteiger partial charge in [-0.1, -0.05) is 6.07 Å². The summed E-state index contributed by atoms with van der Waals surface area (Å²) in [6, 6.07) is 9.04. The Bertz CT molecular complexity index is 1780. The molecule has 2 aromatic heterocycles. The Kier molecular flexibility index (Phi) is 7.69.